The molecule has 0 spiro atoms. The molecule has 0 radical (unpaired) electrons. The first-order valence-corrected chi connectivity index (χ1v) is 11.8. The molecule has 0 bridgehead atoms. The van der Waals surface area contributed by atoms with Crippen LogP contribution >= 0.6 is 11.6 Å². The molecule has 0 aliphatic carbocycles. The fourth-order valence-corrected chi connectivity index (χ4v) is 4.68. The number of likely N-dealkylation sites (tertiary alicyclic amines) is 1. The van der Waals surface area contributed by atoms with Crippen molar-refractivity contribution in [3.63, 3.8) is 0 Å². The van der Waals surface area contributed by atoms with Gasteiger partial charge in [-0.05, 0) is 48.1 Å². The molecule has 0 saturated carbocycles. The van der Waals surface area contributed by atoms with Crippen molar-refractivity contribution in [1.29, 1.82) is 0 Å². The lowest BCUT2D eigenvalue weighted by Gasteiger charge is -2.41. The van der Waals surface area contributed by atoms with Gasteiger partial charge in [0.2, 0.25) is 11.8 Å². The van der Waals surface area contributed by atoms with Crippen molar-refractivity contribution in [3.8, 4) is 0 Å². The first-order valence-electron chi connectivity index (χ1n) is 11.5. The van der Waals surface area contributed by atoms with Crippen molar-refractivity contribution in [3.05, 3.63) is 107 Å². The van der Waals surface area contributed by atoms with Gasteiger partial charge in [0.1, 0.15) is 0 Å². The van der Waals surface area contributed by atoms with Crippen LogP contribution in [0.5, 0.6) is 0 Å². The summed E-state index contributed by atoms with van der Waals surface area (Å²) < 4.78 is 0. The second-order valence-electron chi connectivity index (χ2n) is 8.62. The number of aryl methyl sites for hydroxylation is 1. The third-order valence-electron chi connectivity index (χ3n) is 6.57. The summed E-state index contributed by atoms with van der Waals surface area (Å²) in [6.07, 6.45) is 2.38. The largest absolute Gasteiger partial charge is 0.351 e. The molecule has 1 N–H and O–H groups in total. The minimum absolute atomic E-state index is 0.0332. The average Bonchev–Trinajstić information content (AvgIpc) is 2.88. The maximum atomic E-state index is 13.5. The van der Waals surface area contributed by atoms with Gasteiger partial charge in [0.25, 0.3) is 0 Å². The van der Waals surface area contributed by atoms with E-state index in [0.29, 0.717) is 50.3 Å². The molecule has 4 rings (SSSR count). The first-order chi connectivity index (χ1) is 16.1. The van der Waals surface area contributed by atoms with E-state index in [1.807, 2.05) is 89.8 Å². The fraction of sp³-hybridized carbons (Fsp3) is 0.286. The Labute approximate surface area is 200 Å². The summed E-state index contributed by atoms with van der Waals surface area (Å²) in [6.45, 7) is 1.65. The van der Waals surface area contributed by atoms with E-state index in [1.165, 1.54) is 0 Å². The molecule has 1 aliphatic rings. The third-order valence-corrected chi connectivity index (χ3v) is 6.82. The minimum Gasteiger partial charge on any atom is -0.351 e. The molecule has 3 aromatic carbocycles. The van der Waals surface area contributed by atoms with Crippen LogP contribution in [0.1, 0.15) is 36.0 Å². The predicted molar refractivity (Wildman–Crippen MR) is 132 cm³/mol. The van der Waals surface area contributed by atoms with Gasteiger partial charge in [0.05, 0.1) is 5.41 Å². The molecular formula is C28H29ClN2O2. The van der Waals surface area contributed by atoms with Crippen molar-refractivity contribution >= 4 is 23.4 Å². The van der Waals surface area contributed by atoms with Crippen LogP contribution in [0.3, 0.4) is 0 Å². The number of carbonyl (C=O) groups excluding carboxylic acids is 2. The molecule has 1 fully saturated rings. The summed E-state index contributed by atoms with van der Waals surface area (Å²) in [4.78, 5) is 28.3. The molecule has 33 heavy (non-hydrogen) atoms. The summed E-state index contributed by atoms with van der Waals surface area (Å²) in [5.41, 5.74) is 2.57. The van der Waals surface area contributed by atoms with E-state index >= 15 is 0 Å². The summed E-state index contributed by atoms with van der Waals surface area (Å²) in [5, 5.41) is 3.85. The van der Waals surface area contributed by atoms with Crippen molar-refractivity contribution in [1.82, 2.24) is 10.2 Å². The second kappa shape index (κ2) is 10.7. The van der Waals surface area contributed by atoms with Crippen LogP contribution in [0.15, 0.2) is 84.9 Å². The number of benzene rings is 3. The number of carbonyl (C=O) groups is 2. The Hall–Kier alpha value is -3.11. The highest BCUT2D eigenvalue weighted by Crippen LogP contribution is 2.36. The zero-order valence-corrected chi connectivity index (χ0v) is 19.4. The molecule has 4 nitrogen and oxygen atoms in total. The van der Waals surface area contributed by atoms with Crippen molar-refractivity contribution in [2.45, 2.75) is 37.6 Å². The Bertz CT molecular complexity index is 1060. The quantitative estimate of drug-likeness (QED) is 0.530. The van der Waals surface area contributed by atoms with Gasteiger partial charge in [-0.3, -0.25) is 9.59 Å². The maximum absolute atomic E-state index is 13.5. The number of nitrogens with one attached hydrogen (secondary N) is 1. The number of piperidine rings is 1. The topological polar surface area (TPSA) is 49.4 Å². The van der Waals surface area contributed by atoms with E-state index in [4.69, 9.17) is 11.6 Å². The summed E-state index contributed by atoms with van der Waals surface area (Å²) >= 11 is 5.95. The molecule has 170 valence electrons. The Morgan fingerprint density at radius 2 is 1.42 bits per heavy atom. The Balaban J connectivity index is 1.41. The van der Waals surface area contributed by atoms with E-state index in [9.17, 15) is 9.59 Å². The molecule has 1 saturated heterocycles. The van der Waals surface area contributed by atoms with E-state index < -0.39 is 5.41 Å². The Morgan fingerprint density at radius 3 is 2.06 bits per heavy atom. The smallest absolute Gasteiger partial charge is 0.231 e. The number of amides is 2. The highest BCUT2D eigenvalue weighted by molar-refractivity contribution is 6.30. The van der Waals surface area contributed by atoms with E-state index in [0.717, 1.165) is 16.7 Å². The summed E-state index contributed by atoms with van der Waals surface area (Å²) in [6, 6.07) is 27.5. The van der Waals surface area contributed by atoms with Crippen LogP contribution in [-0.4, -0.2) is 29.8 Å². The van der Waals surface area contributed by atoms with Crippen LogP contribution in [0.2, 0.25) is 5.02 Å². The maximum Gasteiger partial charge on any atom is 0.231 e. The van der Waals surface area contributed by atoms with Crippen LogP contribution in [-0.2, 0) is 28.0 Å². The van der Waals surface area contributed by atoms with Gasteiger partial charge in [-0.25, -0.2) is 0 Å². The van der Waals surface area contributed by atoms with E-state index in [2.05, 4.69) is 5.32 Å². The Kier molecular flexibility index (Phi) is 7.46. The minimum atomic E-state index is -0.622. The molecular weight excluding hydrogens is 432 g/mol. The van der Waals surface area contributed by atoms with Gasteiger partial charge >= 0.3 is 0 Å². The molecule has 3 aromatic rings. The fourth-order valence-electron chi connectivity index (χ4n) is 4.55. The number of hydrogen-bond acceptors (Lipinski definition) is 2. The molecule has 0 aromatic heterocycles. The van der Waals surface area contributed by atoms with Gasteiger partial charge in [-0.1, -0.05) is 84.4 Å². The monoisotopic (exact) mass is 460 g/mol. The standard InChI is InChI=1S/C28H29ClN2O2/c29-25-14-11-22(12-15-25)13-16-26(32)31-19-17-28(18-20-31,24-9-5-2-6-10-24)27(33)30-21-23-7-3-1-4-8-23/h1-12,14-15H,13,16-21H2,(H,30,33). The number of rotatable bonds is 7. The van der Waals surface area contributed by atoms with Crippen LogP contribution in [0, 0.1) is 0 Å². The first kappa shape index (κ1) is 23.1. The number of nitrogens with zero attached hydrogens (tertiary/aromatic N) is 1. The van der Waals surface area contributed by atoms with E-state index in [-0.39, 0.29) is 11.8 Å². The van der Waals surface area contributed by atoms with Gasteiger partial charge in [-0.2, -0.15) is 0 Å². The SMILES string of the molecule is O=C(CCc1ccc(Cl)cc1)N1CCC(C(=O)NCc2ccccc2)(c2ccccc2)CC1. The molecule has 5 heteroatoms. The highest BCUT2D eigenvalue weighted by Gasteiger charge is 2.43. The lowest BCUT2D eigenvalue weighted by atomic mass is 9.72. The lowest BCUT2D eigenvalue weighted by Crippen LogP contribution is -2.52. The molecule has 1 aliphatic heterocycles. The molecule has 0 unspecified atom stereocenters. The van der Waals surface area contributed by atoms with Crippen LogP contribution in [0.4, 0.5) is 0 Å². The van der Waals surface area contributed by atoms with Gasteiger partial charge in [-0.15, -0.1) is 0 Å². The molecule has 0 atom stereocenters. The van der Waals surface area contributed by atoms with Crippen molar-refractivity contribution < 1.29 is 9.59 Å². The normalized spacial score (nSPS) is 15.1. The van der Waals surface area contributed by atoms with Crippen molar-refractivity contribution in [2.24, 2.45) is 0 Å². The highest BCUT2D eigenvalue weighted by atomic mass is 35.5. The summed E-state index contributed by atoms with van der Waals surface area (Å²) in [5.74, 6) is 0.169. The molecule has 1 heterocycles. The van der Waals surface area contributed by atoms with Crippen LogP contribution in [0.25, 0.3) is 0 Å². The predicted octanol–water partition coefficient (Wildman–Crippen LogP) is 5.15. The third kappa shape index (κ3) is 5.63. The zero-order chi connectivity index (χ0) is 23.1. The number of halogens is 1. The Morgan fingerprint density at radius 1 is 0.818 bits per heavy atom. The average molecular weight is 461 g/mol. The second-order valence-corrected chi connectivity index (χ2v) is 9.06. The van der Waals surface area contributed by atoms with E-state index in [1.54, 1.807) is 0 Å². The van der Waals surface area contributed by atoms with Crippen molar-refractivity contribution in [2.75, 3.05) is 13.1 Å². The van der Waals surface area contributed by atoms with Gasteiger partial charge in [0.15, 0.2) is 0 Å². The zero-order valence-electron chi connectivity index (χ0n) is 18.7. The van der Waals surface area contributed by atoms with Gasteiger partial charge < -0.3 is 10.2 Å². The lowest BCUT2D eigenvalue weighted by molar-refractivity contribution is -0.137. The molecule has 2 amide bonds. The summed E-state index contributed by atoms with van der Waals surface area (Å²) in [7, 11) is 0. The van der Waals surface area contributed by atoms with Gasteiger partial charge in [0, 0.05) is 31.1 Å². The number of hydrogen-bond donors (Lipinski definition) is 1. The van der Waals surface area contributed by atoms with Crippen LogP contribution < -0.4 is 5.32 Å².